The highest BCUT2D eigenvalue weighted by atomic mass is 16.5. The Balaban J connectivity index is 2.06. The van der Waals surface area contributed by atoms with Gasteiger partial charge in [-0.3, -0.25) is 9.78 Å². The van der Waals surface area contributed by atoms with E-state index < -0.39 is 6.03 Å². The fourth-order valence-corrected chi connectivity index (χ4v) is 2.07. The normalized spacial score (nSPS) is 10.7. The minimum absolute atomic E-state index is 0.227. The zero-order valence-electron chi connectivity index (χ0n) is 14.7. The van der Waals surface area contributed by atoms with E-state index in [2.05, 4.69) is 20.9 Å². The lowest BCUT2D eigenvalue weighted by Crippen LogP contribution is -2.40. The molecule has 0 unspecified atom stereocenters. The van der Waals surface area contributed by atoms with Crippen LogP contribution in [0.15, 0.2) is 42.6 Å². The standard InChI is InChI=1S/C18H22N4O3/c1-18(2,3)22-16(23)14-11-12(9-10-19-14)20-17(24)21-13-7-5-6-8-15(13)25-4/h5-11H,1-4H3,(H,22,23)(H2,19,20,21,24). The number of anilines is 2. The number of ether oxygens (including phenoxy) is 1. The maximum atomic E-state index is 12.2. The number of carbonyl (C=O) groups excluding carboxylic acids is 2. The molecule has 0 fully saturated rings. The molecule has 3 N–H and O–H groups in total. The van der Waals surface area contributed by atoms with Crippen LogP contribution in [0.1, 0.15) is 31.3 Å². The Morgan fingerprint density at radius 1 is 1.08 bits per heavy atom. The van der Waals surface area contributed by atoms with Gasteiger partial charge in [0, 0.05) is 17.4 Å². The van der Waals surface area contributed by atoms with E-state index in [4.69, 9.17) is 4.74 Å². The van der Waals surface area contributed by atoms with Crippen LogP contribution < -0.4 is 20.7 Å². The molecule has 0 saturated heterocycles. The van der Waals surface area contributed by atoms with Gasteiger partial charge in [0.05, 0.1) is 12.8 Å². The summed E-state index contributed by atoms with van der Waals surface area (Å²) in [5.74, 6) is 0.249. The number of carbonyl (C=O) groups is 2. The van der Waals surface area contributed by atoms with E-state index in [1.54, 1.807) is 24.3 Å². The third-order valence-corrected chi connectivity index (χ3v) is 3.09. The van der Waals surface area contributed by atoms with Gasteiger partial charge in [-0.2, -0.15) is 0 Å². The molecular weight excluding hydrogens is 320 g/mol. The van der Waals surface area contributed by atoms with Gasteiger partial charge in [-0.25, -0.2) is 4.79 Å². The van der Waals surface area contributed by atoms with Crippen LogP contribution in [0.3, 0.4) is 0 Å². The number of hydrogen-bond acceptors (Lipinski definition) is 4. The molecule has 1 aromatic heterocycles. The minimum Gasteiger partial charge on any atom is -0.495 e. The summed E-state index contributed by atoms with van der Waals surface area (Å²) in [5, 5.41) is 8.20. The zero-order valence-corrected chi connectivity index (χ0v) is 14.7. The van der Waals surface area contributed by atoms with Crippen molar-refractivity contribution in [3.05, 3.63) is 48.3 Å². The summed E-state index contributed by atoms with van der Waals surface area (Å²) in [6, 6.07) is 9.76. The lowest BCUT2D eigenvalue weighted by Gasteiger charge is -2.20. The van der Waals surface area contributed by atoms with E-state index in [9.17, 15) is 9.59 Å². The summed E-state index contributed by atoms with van der Waals surface area (Å²) in [7, 11) is 1.53. The SMILES string of the molecule is COc1ccccc1NC(=O)Nc1ccnc(C(=O)NC(C)(C)C)c1. The van der Waals surface area contributed by atoms with Crippen LogP contribution in [0.25, 0.3) is 0 Å². The molecule has 2 aromatic rings. The second-order valence-electron chi connectivity index (χ2n) is 6.41. The molecule has 0 saturated carbocycles. The number of urea groups is 1. The van der Waals surface area contributed by atoms with Gasteiger partial charge in [0.25, 0.3) is 5.91 Å². The summed E-state index contributed by atoms with van der Waals surface area (Å²) in [4.78, 5) is 28.4. The Bertz CT molecular complexity index is 769. The number of para-hydroxylation sites is 2. The van der Waals surface area contributed by atoms with Crippen LogP contribution in [0.5, 0.6) is 5.75 Å². The van der Waals surface area contributed by atoms with E-state index in [0.29, 0.717) is 17.1 Å². The maximum Gasteiger partial charge on any atom is 0.323 e. The van der Waals surface area contributed by atoms with Crippen molar-refractivity contribution >= 4 is 23.3 Å². The van der Waals surface area contributed by atoms with Gasteiger partial charge >= 0.3 is 6.03 Å². The molecule has 132 valence electrons. The van der Waals surface area contributed by atoms with E-state index in [1.807, 2.05) is 26.8 Å². The van der Waals surface area contributed by atoms with Gasteiger partial charge in [-0.1, -0.05) is 12.1 Å². The molecule has 0 bridgehead atoms. The highest BCUT2D eigenvalue weighted by molar-refractivity contribution is 6.01. The second-order valence-corrected chi connectivity index (χ2v) is 6.41. The summed E-state index contributed by atoms with van der Waals surface area (Å²) >= 11 is 0. The van der Waals surface area contributed by atoms with Crippen molar-refractivity contribution in [2.45, 2.75) is 26.3 Å². The number of pyridine rings is 1. The predicted octanol–water partition coefficient (Wildman–Crippen LogP) is 3.26. The average molecular weight is 342 g/mol. The molecule has 0 atom stereocenters. The molecule has 7 nitrogen and oxygen atoms in total. The highest BCUT2D eigenvalue weighted by Crippen LogP contribution is 2.23. The van der Waals surface area contributed by atoms with Crippen LogP contribution in [0.2, 0.25) is 0 Å². The molecule has 0 aliphatic carbocycles. The van der Waals surface area contributed by atoms with E-state index >= 15 is 0 Å². The monoisotopic (exact) mass is 342 g/mol. The summed E-state index contributed by atoms with van der Waals surface area (Å²) in [6.45, 7) is 5.65. The molecule has 3 amide bonds. The molecule has 1 aromatic carbocycles. The fraction of sp³-hybridized carbons (Fsp3) is 0.278. The first-order valence-corrected chi connectivity index (χ1v) is 7.78. The van der Waals surface area contributed by atoms with Crippen LogP contribution in [0.4, 0.5) is 16.2 Å². The average Bonchev–Trinajstić information content (AvgIpc) is 2.54. The lowest BCUT2D eigenvalue weighted by molar-refractivity contribution is 0.0914. The number of nitrogens with zero attached hydrogens (tertiary/aromatic N) is 1. The number of aromatic nitrogens is 1. The van der Waals surface area contributed by atoms with E-state index in [0.717, 1.165) is 0 Å². The quantitative estimate of drug-likeness (QED) is 0.795. The highest BCUT2D eigenvalue weighted by Gasteiger charge is 2.17. The Morgan fingerprint density at radius 2 is 1.80 bits per heavy atom. The van der Waals surface area contributed by atoms with Crippen molar-refractivity contribution in [3.8, 4) is 5.75 Å². The number of rotatable bonds is 4. The van der Waals surface area contributed by atoms with E-state index in [1.165, 1.54) is 19.4 Å². The molecule has 1 heterocycles. The third kappa shape index (κ3) is 5.49. The molecule has 0 aliphatic rings. The van der Waals surface area contributed by atoms with Crippen LogP contribution >= 0.6 is 0 Å². The molecule has 0 spiro atoms. The fourth-order valence-electron chi connectivity index (χ4n) is 2.07. The summed E-state index contributed by atoms with van der Waals surface area (Å²) in [6.07, 6.45) is 1.47. The number of benzene rings is 1. The Labute approximate surface area is 146 Å². The van der Waals surface area contributed by atoms with Gasteiger partial charge in [0.15, 0.2) is 0 Å². The Hall–Kier alpha value is -3.09. The van der Waals surface area contributed by atoms with Crippen molar-refractivity contribution in [3.63, 3.8) is 0 Å². The minimum atomic E-state index is -0.446. The van der Waals surface area contributed by atoms with Crippen molar-refractivity contribution in [2.24, 2.45) is 0 Å². The molecule has 2 rings (SSSR count). The summed E-state index contributed by atoms with van der Waals surface area (Å²) in [5.41, 5.74) is 0.859. The molecule has 0 aliphatic heterocycles. The molecule has 0 radical (unpaired) electrons. The number of amides is 3. The first-order chi connectivity index (χ1) is 11.8. The largest absolute Gasteiger partial charge is 0.495 e. The van der Waals surface area contributed by atoms with Gasteiger partial charge in [-0.05, 0) is 45.0 Å². The van der Waals surface area contributed by atoms with Crippen LogP contribution in [-0.4, -0.2) is 29.6 Å². The molecule has 25 heavy (non-hydrogen) atoms. The topological polar surface area (TPSA) is 92.3 Å². The lowest BCUT2D eigenvalue weighted by atomic mass is 10.1. The first kappa shape index (κ1) is 18.3. The van der Waals surface area contributed by atoms with Gasteiger partial charge in [0.1, 0.15) is 11.4 Å². The molecular formula is C18H22N4O3. The smallest absolute Gasteiger partial charge is 0.323 e. The Kier molecular flexibility index (Phi) is 5.59. The Morgan fingerprint density at radius 3 is 2.48 bits per heavy atom. The van der Waals surface area contributed by atoms with Crippen molar-refractivity contribution in [2.75, 3.05) is 17.7 Å². The van der Waals surface area contributed by atoms with Crippen LogP contribution in [0, 0.1) is 0 Å². The van der Waals surface area contributed by atoms with Gasteiger partial charge in [0.2, 0.25) is 0 Å². The van der Waals surface area contributed by atoms with E-state index in [-0.39, 0.29) is 17.1 Å². The maximum absolute atomic E-state index is 12.2. The second kappa shape index (κ2) is 7.65. The van der Waals surface area contributed by atoms with Crippen LogP contribution in [-0.2, 0) is 0 Å². The van der Waals surface area contributed by atoms with Crippen molar-refractivity contribution in [1.29, 1.82) is 0 Å². The van der Waals surface area contributed by atoms with Gasteiger partial charge < -0.3 is 20.7 Å². The third-order valence-electron chi connectivity index (χ3n) is 3.09. The summed E-state index contributed by atoms with van der Waals surface area (Å²) < 4.78 is 5.19. The van der Waals surface area contributed by atoms with Crippen molar-refractivity contribution < 1.29 is 14.3 Å². The molecule has 7 heteroatoms. The number of methoxy groups -OCH3 is 1. The first-order valence-electron chi connectivity index (χ1n) is 7.78. The van der Waals surface area contributed by atoms with Gasteiger partial charge in [-0.15, -0.1) is 0 Å². The number of nitrogens with one attached hydrogen (secondary N) is 3. The zero-order chi connectivity index (χ0) is 18.4. The predicted molar refractivity (Wildman–Crippen MR) is 97.1 cm³/mol. The number of hydrogen-bond donors (Lipinski definition) is 3. The van der Waals surface area contributed by atoms with Crippen molar-refractivity contribution in [1.82, 2.24) is 10.3 Å².